The van der Waals surface area contributed by atoms with Crippen LogP contribution in [0.4, 0.5) is 0 Å². The Morgan fingerprint density at radius 2 is 1.92 bits per heavy atom. The molecule has 3 rings (SSSR count). The maximum Gasteiger partial charge on any atom is 0.306 e. The number of ether oxygens (including phenoxy) is 2. The highest BCUT2D eigenvalue weighted by atomic mass is 35.5. The second-order valence-electron chi connectivity index (χ2n) is 5.99. The smallest absolute Gasteiger partial charge is 0.306 e. The van der Waals surface area contributed by atoms with Crippen molar-refractivity contribution in [1.82, 2.24) is 4.98 Å². The van der Waals surface area contributed by atoms with Crippen LogP contribution in [0.25, 0.3) is 21.8 Å². The van der Waals surface area contributed by atoms with Gasteiger partial charge in [0.1, 0.15) is 12.4 Å². The largest absolute Gasteiger partial charge is 0.497 e. The summed E-state index contributed by atoms with van der Waals surface area (Å²) in [5, 5.41) is 2.43. The van der Waals surface area contributed by atoms with Crippen LogP contribution in [0, 0.1) is 0 Å². The number of aromatic nitrogens is 1. The molecule has 3 aromatic rings. The third kappa shape index (κ3) is 3.97. The third-order valence-electron chi connectivity index (χ3n) is 4.19. The van der Waals surface area contributed by atoms with E-state index in [1.165, 1.54) is 0 Å². The van der Waals surface area contributed by atoms with E-state index < -0.39 is 0 Å². The molecule has 1 heterocycles. The van der Waals surface area contributed by atoms with Crippen molar-refractivity contribution >= 4 is 39.4 Å². The van der Waals surface area contributed by atoms with Crippen molar-refractivity contribution in [3.8, 4) is 5.75 Å². The van der Waals surface area contributed by atoms with Crippen LogP contribution in [0.3, 0.4) is 0 Å². The van der Waals surface area contributed by atoms with E-state index in [9.17, 15) is 4.79 Å². The Kier molecular flexibility index (Phi) is 5.74. The lowest BCUT2D eigenvalue weighted by Crippen LogP contribution is -2.04. The Hall–Kier alpha value is -2.59. The number of pyridine rings is 1. The van der Waals surface area contributed by atoms with Crippen LogP contribution in [-0.2, 0) is 16.0 Å². The van der Waals surface area contributed by atoms with Crippen LogP contribution in [0.1, 0.15) is 18.4 Å². The summed E-state index contributed by atoms with van der Waals surface area (Å²) >= 11 is 6.64. The normalized spacial score (nSPS) is 10.8. The number of carbonyl (C=O) groups excluding carboxylic acids is 1. The fourth-order valence-corrected chi connectivity index (χ4v) is 3.17. The van der Waals surface area contributed by atoms with Gasteiger partial charge in [-0.25, -0.2) is 4.98 Å². The predicted octanol–water partition coefficient (Wildman–Crippen LogP) is 5.10. The van der Waals surface area contributed by atoms with Crippen LogP contribution in [-0.4, -0.2) is 24.7 Å². The lowest BCUT2D eigenvalue weighted by Gasteiger charge is -2.09. The summed E-state index contributed by atoms with van der Waals surface area (Å²) in [5.41, 5.74) is 2.79. The fraction of sp³-hybridized carbons (Fsp3) is 0.238. The van der Waals surface area contributed by atoms with Gasteiger partial charge in [0.05, 0.1) is 23.2 Å². The molecule has 0 N–H and O–H groups in total. The second-order valence-corrected chi connectivity index (χ2v) is 6.36. The Morgan fingerprint density at radius 1 is 1.19 bits per heavy atom. The monoisotopic (exact) mass is 369 g/mol. The first-order valence-electron chi connectivity index (χ1n) is 8.45. The third-order valence-corrected chi connectivity index (χ3v) is 4.59. The molecule has 0 amide bonds. The molecule has 26 heavy (non-hydrogen) atoms. The summed E-state index contributed by atoms with van der Waals surface area (Å²) in [6.45, 7) is 3.78. The molecular weight excluding hydrogens is 350 g/mol. The van der Waals surface area contributed by atoms with E-state index in [4.69, 9.17) is 21.1 Å². The summed E-state index contributed by atoms with van der Waals surface area (Å²) in [6.07, 6.45) is 3.43. The maximum absolute atomic E-state index is 11.6. The molecule has 0 aliphatic carbocycles. The molecule has 0 bridgehead atoms. The van der Waals surface area contributed by atoms with E-state index in [1.54, 1.807) is 13.2 Å². The van der Waals surface area contributed by atoms with Crippen LogP contribution >= 0.6 is 11.6 Å². The van der Waals surface area contributed by atoms with E-state index in [0.717, 1.165) is 39.5 Å². The van der Waals surface area contributed by atoms with Crippen LogP contribution < -0.4 is 4.74 Å². The van der Waals surface area contributed by atoms with Gasteiger partial charge in [0.2, 0.25) is 0 Å². The molecule has 0 radical (unpaired) electrons. The number of carbonyl (C=O) groups is 1. The Morgan fingerprint density at radius 3 is 2.65 bits per heavy atom. The van der Waals surface area contributed by atoms with Gasteiger partial charge in [0.15, 0.2) is 0 Å². The van der Waals surface area contributed by atoms with Gasteiger partial charge in [0, 0.05) is 17.2 Å². The second kappa shape index (κ2) is 8.19. The van der Waals surface area contributed by atoms with Gasteiger partial charge < -0.3 is 9.47 Å². The van der Waals surface area contributed by atoms with Crippen molar-refractivity contribution in [1.29, 1.82) is 0 Å². The molecule has 5 heteroatoms. The maximum atomic E-state index is 11.6. The van der Waals surface area contributed by atoms with Gasteiger partial charge in [-0.1, -0.05) is 30.3 Å². The molecule has 0 aliphatic heterocycles. The van der Waals surface area contributed by atoms with E-state index in [1.807, 2.05) is 36.4 Å². The van der Waals surface area contributed by atoms with E-state index in [-0.39, 0.29) is 12.6 Å². The quantitative estimate of drug-likeness (QED) is 0.330. The summed E-state index contributed by atoms with van der Waals surface area (Å²) < 4.78 is 10.3. The first kappa shape index (κ1) is 18.2. The van der Waals surface area contributed by atoms with Gasteiger partial charge in [-0.3, -0.25) is 4.79 Å². The lowest BCUT2D eigenvalue weighted by molar-refractivity contribution is -0.142. The molecule has 0 unspecified atom stereocenters. The average molecular weight is 370 g/mol. The minimum atomic E-state index is -0.205. The Labute approximate surface area is 157 Å². The highest BCUT2D eigenvalue weighted by Gasteiger charge is 2.10. The standard InChI is InChI=1S/C21H20ClNO3/c1-3-11-26-20(24)6-4-5-14-7-9-18-16(12-14)21(22)17-13-15(25-2)8-10-19(17)23-18/h3,7-10,12-13H,1,4-6,11H2,2H3. The molecule has 4 nitrogen and oxygen atoms in total. The van der Waals surface area contributed by atoms with E-state index >= 15 is 0 Å². The molecule has 0 saturated carbocycles. The van der Waals surface area contributed by atoms with E-state index in [0.29, 0.717) is 17.9 Å². The van der Waals surface area contributed by atoms with Gasteiger partial charge in [-0.2, -0.15) is 0 Å². The van der Waals surface area contributed by atoms with Crippen molar-refractivity contribution in [2.24, 2.45) is 0 Å². The van der Waals surface area contributed by atoms with Gasteiger partial charge in [-0.15, -0.1) is 0 Å². The number of hydrogen-bond donors (Lipinski definition) is 0. The zero-order valence-corrected chi connectivity index (χ0v) is 15.4. The average Bonchev–Trinajstić information content (AvgIpc) is 2.66. The molecule has 134 valence electrons. The highest BCUT2D eigenvalue weighted by Crippen LogP contribution is 2.33. The SMILES string of the molecule is C=CCOC(=O)CCCc1ccc2nc3ccc(OC)cc3c(Cl)c2c1. The number of hydrogen-bond acceptors (Lipinski definition) is 4. The van der Waals surface area contributed by atoms with E-state index in [2.05, 4.69) is 11.6 Å². The number of nitrogens with zero attached hydrogens (tertiary/aromatic N) is 1. The molecule has 0 spiro atoms. The zero-order valence-electron chi connectivity index (χ0n) is 14.6. The van der Waals surface area contributed by atoms with Gasteiger partial charge in [0.25, 0.3) is 0 Å². The lowest BCUT2D eigenvalue weighted by atomic mass is 10.0. The number of fused-ring (bicyclic) bond motifs is 2. The number of methoxy groups -OCH3 is 1. The van der Waals surface area contributed by atoms with Gasteiger partial charge in [-0.05, 0) is 48.7 Å². The van der Waals surface area contributed by atoms with Crippen LogP contribution in [0.5, 0.6) is 5.75 Å². The Balaban J connectivity index is 1.83. The van der Waals surface area contributed by atoms with Crippen molar-refractivity contribution in [2.75, 3.05) is 13.7 Å². The fourth-order valence-electron chi connectivity index (χ4n) is 2.86. The highest BCUT2D eigenvalue weighted by molar-refractivity contribution is 6.40. The molecule has 0 saturated heterocycles. The van der Waals surface area contributed by atoms with Crippen molar-refractivity contribution in [3.05, 3.63) is 59.6 Å². The van der Waals surface area contributed by atoms with Crippen LogP contribution in [0.15, 0.2) is 49.1 Å². The van der Waals surface area contributed by atoms with Crippen molar-refractivity contribution in [2.45, 2.75) is 19.3 Å². The number of benzene rings is 2. The molecule has 0 atom stereocenters. The number of aryl methyl sites for hydroxylation is 1. The summed E-state index contributed by atoms with van der Waals surface area (Å²) in [6, 6.07) is 11.7. The minimum absolute atomic E-state index is 0.205. The summed E-state index contributed by atoms with van der Waals surface area (Å²) in [7, 11) is 1.63. The number of halogens is 1. The first-order valence-corrected chi connectivity index (χ1v) is 8.82. The van der Waals surface area contributed by atoms with Crippen molar-refractivity contribution in [3.63, 3.8) is 0 Å². The first-order chi connectivity index (χ1) is 12.6. The number of rotatable bonds is 7. The number of esters is 1. The molecular formula is C21H20ClNO3. The molecule has 1 aromatic heterocycles. The van der Waals surface area contributed by atoms with Gasteiger partial charge >= 0.3 is 5.97 Å². The summed E-state index contributed by atoms with van der Waals surface area (Å²) in [5.74, 6) is 0.540. The molecule has 0 fully saturated rings. The molecule has 0 aliphatic rings. The Bertz CT molecular complexity index is 968. The zero-order chi connectivity index (χ0) is 18.5. The molecule has 2 aromatic carbocycles. The van der Waals surface area contributed by atoms with Crippen LogP contribution in [0.2, 0.25) is 5.02 Å². The topological polar surface area (TPSA) is 48.4 Å². The van der Waals surface area contributed by atoms with Crippen molar-refractivity contribution < 1.29 is 14.3 Å². The summed E-state index contributed by atoms with van der Waals surface area (Å²) in [4.78, 5) is 16.2. The minimum Gasteiger partial charge on any atom is -0.497 e. The predicted molar refractivity (Wildman–Crippen MR) is 105 cm³/mol.